The van der Waals surface area contributed by atoms with Crippen LogP contribution in [0.15, 0.2) is 30.6 Å². The number of hydrogen-bond acceptors (Lipinski definition) is 4. The molecule has 0 aliphatic carbocycles. The summed E-state index contributed by atoms with van der Waals surface area (Å²) >= 11 is 2.26. The number of benzene rings is 1. The van der Waals surface area contributed by atoms with Gasteiger partial charge in [-0.1, -0.05) is 13.0 Å². The van der Waals surface area contributed by atoms with E-state index in [1.807, 2.05) is 31.2 Å². The zero-order chi connectivity index (χ0) is 13.7. The standard InChI is InChI=1S/C14H16IN3O/c1-3-7-16-13-10(2)14(18-9-17-13)19-12-6-4-5-11(15)8-12/h4-6,8-9H,3,7H2,1-2H3,(H,16,17,18). The van der Waals surface area contributed by atoms with Gasteiger partial charge in [-0.2, -0.15) is 0 Å². The Kier molecular flexibility index (Phi) is 4.95. The van der Waals surface area contributed by atoms with E-state index in [4.69, 9.17) is 4.74 Å². The van der Waals surface area contributed by atoms with Crippen LogP contribution in [-0.4, -0.2) is 16.5 Å². The summed E-state index contributed by atoms with van der Waals surface area (Å²) in [5.41, 5.74) is 0.926. The van der Waals surface area contributed by atoms with Crippen LogP contribution >= 0.6 is 22.6 Å². The molecule has 5 heteroatoms. The van der Waals surface area contributed by atoms with Gasteiger partial charge in [0.15, 0.2) is 0 Å². The van der Waals surface area contributed by atoms with E-state index < -0.39 is 0 Å². The van der Waals surface area contributed by atoms with Crippen LogP contribution < -0.4 is 10.1 Å². The smallest absolute Gasteiger partial charge is 0.227 e. The highest BCUT2D eigenvalue weighted by Crippen LogP contribution is 2.26. The Morgan fingerprint density at radius 2 is 2.16 bits per heavy atom. The van der Waals surface area contributed by atoms with Crippen molar-refractivity contribution >= 4 is 28.4 Å². The minimum absolute atomic E-state index is 0.593. The summed E-state index contributed by atoms with van der Waals surface area (Å²) in [6.07, 6.45) is 2.57. The predicted octanol–water partition coefficient (Wildman–Crippen LogP) is 4.00. The van der Waals surface area contributed by atoms with E-state index >= 15 is 0 Å². The summed E-state index contributed by atoms with van der Waals surface area (Å²) in [4.78, 5) is 8.43. The van der Waals surface area contributed by atoms with Gasteiger partial charge < -0.3 is 10.1 Å². The minimum atomic E-state index is 0.593. The first-order valence-corrected chi connectivity index (χ1v) is 7.27. The Bertz CT molecular complexity index is 560. The van der Waals surface area contributed by atoms with E-state index in [1.165, 1.54) is 6.33 Å². The zero-order valence-corrected chi connectivity index (χ0v) is 13.1. The number of ether oxygens (including phenoxy) is 1. The zero-order valence-electron chi connectivity index (χ0n) is 11.0. The van der Waals surface area contributed by atoms with Crippen LogP contribution in [0.3, 0.4) is 0 Å². The summed E-state index contributed by atoms with van der Waals surface area (Å²) in [5, 5.41) is 3.27. The first-order chi connectivity index (χ1) is 9.20. The van der Waals surface area contributed by atoms with Gasteiger partial charge in [-0.15, -0.1) is 0 Å². The topological polar surface area (TPSA) is 47.0 Å². The molecule has 0 bridgehead atoms. The van der Waals surface area contributed by atoms with Crippen molar-refractivity contribution in [1.29, 1.82) is 0 Å². The highest BCUT2D eigenvalue weighted by atomic mass is 127. The van der Waals surface area contributed by atoms with Crippen LogP contribution in [0.4, 0.5) is 5.82 Å². The van der Waals surface area contributed by atoms with E-state index in [2.05, 4.69) is 44.8 Å². The maximum Gasteiger partial charge on any atom is 0.227 e. The molecule has 0 aliphatic rings. The maximum atomic E-state index is 5.81. The quantitative estimate of drug-likeness (QED) is 0.810. The Morgan fingerprint density at radius 3 is 2.89 bits per heavy atom. The number of hydrogen-bond donors (Lipinski definition) is 1. The van der Waals surface area contributed by atoms with Crippen molar-refractivity contribution in [2.45, 2.75) is 20.3 Å². The van der Waals surface area contributed by atoms with Crippen molar-refractivity contribution < 1.29 is 4.74 Å². The summed E-state index contributed by atoms with van der Waals surface area (Å²) in [7, 11) is 0. The van der Waals surface area contributed by atoms with Gasteiger partial charge in [-0.25, -0.2) is 9.97 Å². The third-order valence-electron chi connectivity index (χ3n) is 2.59. The third-order valence-corrected chi connectivity index (χ3v) is 3.26. The molecule has 0 aliphatic heterocycles. The highest BCUT2D eigenvalue weighted by Gasteiger charge is 2.08. The Morgan fingerprint density at radius 1 is 1.32 bits per heavy atom. The summed E-state index contributed by atoms with van der Waals surface area (Å²) in [6.45, 7) is 4.97. The lowest BCUT2D eigenvalue weighted by atomic mass is 10.3. The van der Waals surface area contributed by atoms with E-state index in [0.717, 1.165) is 33.7 Å². The van der Waals surface area contributed by atoms with Crippen LogP contribution in [0.2, 0.25) is 0 Å². The molecule has 0 spiro atoms. The monoisotopic (exact) mass is 369 g/mol. The third kappa shape index (κ3) is 3.79. The summed E-state index contributed by atoms with van der Waals surface area (Å²) < 4.78 is 6.95. The van der Waals surface area contributed by atoms with E-state index in [1.54, 1.807) is 0 Å². The summed E-state index contributed by atoms with van der Waals surface area (Å²) in [5.74, 6) is 2.21. The molecule has 0 atom stereocenters. The Balaban J connectivity index is 2.20. The SMILES string of the molecule is CCCNc1ncnc(Oc2cccc(I)c2)c1C. The highest BCUT2D eigenvalue weighted by molar-refractivity contribution is 14.1. The number of halogens is 1. The first kappa shape index (κ1) is 14.0. The molecule has 100 valence electrons. The molecule has 1 heterocycles. The predicted molar refractivity (Wildman–Crippen MR) is 84.8 cm³/mol. The van der Waals surface area contributed by atoms with Crippen molar-refractivity contribution in [3.05, 3.63) is 39.7 Å². The molecule has 0 fully saturated rings. The van der Waals surface area contributed by atoms with Crippen LogP contribution in [0.1, 0.15) is 18.9 Å². The van der Waals surface area contributed by atoms with Gasteiger partial charge in [0, 0.05) is 10.1 Å². The molecule has 1 N–H and O–H groups in total. The second kappa shape index (κ2) is 6.70. The molecule has 0 radical (unpaired) electrons. The Labute approximate surface area is 126 Å². The molecule has 2 rings (SSSR count). The Hall–Kier alpha value is -1.37. The molecule has 0 unspecified atom stereocenters. The first-order valence-electron chi connectivity index (χ1n) is 6.19. The van der Waals surface area contributed by atoms with Crippen LogP contribution in [0, 0.1) is 10.5 Å². The fraction of sp³-hybridized carbons (Fsp3) is 0.286. The normalized spacial score (nSPS) is 10.3. The van der Waals surface area contributed by atoms with E-state index in [9.17, 15) is 0 Å². The van der Waals surface area contributed by atoms with Crippen LogP contribution in [-0.2, 0) is 0 Å². The molecule has 4 nitrogen and oxygen atoms in total. The van der Waals surface area contributed by atoms with Crippen molar-refractivity contribution in [3.8, 4) is 11.6 Å². The van der Waals surface area contributed by atoms with Gasteiger partial charge >= 0.3 is 0 Å². The van der Waals surface area contributed by atoms with Crippen LogP contribution in [0.5, 0.6) is 11.6 Å². The van der Waals surface area contributed by atoms with Crippen LogP contribution in [0.25, 0.3) is 0 Å². The molecule has 0 saturated heterocycles. The number of nitrogens with zero attached hydrogens (tertiary/aromatic N) is 2. The van der Waals surface area contributed by atoms with Gasteiger partial charge in [-0.3, -0.25) is 0 Å². The maximum absolute atomic E-state index is 5.81. The van der Waals surface area contributed by atoms with Gasteiger partial charge in [0.05, 0.1) is 5.56 Å². The lowest BCUT2D eigenvalue weighted by molar-refractivity contribution is 0.457. The molecule has 0 amide bonds. The molecular weight excluding hydrogens is 353 g/mol. The van der Waals surface area contributed by atoms with Crippen molar-refractivity contribution in [1.82, 2.24) is 9.97 Å². The summed E-state index contributed by atoms with van der Waals surface area (Å²) in [6, 6.07) is 7.88. The molecule has 19 heavy (non-hydrogen) atoms. The molecular formula is C14H16IN3O. The van der Waals surface area contributed by atoms with E-state index in [0.29, 0.717) is 5.88 Å². The van der Waals surface area contributed by atoms with Crippen molar-refractivity contribution in [2.24, 2.45) is 0 Å². The largest absolute Gasteiger partial charge is 0.439 e. The number of nitrogens with one attached hydrogen (secondary N) is 1. The average molecular weight is 369 g/mol. The average Bonchev–Trinajstić information content (AvgIpc) is 2.40. The number of anilines is 1. The molecule has 2 aromatic rings. The van der Waals surface area contributed by atoms with Gasteiger partial charge in [0.1, 0.15) is 17.9 Å². The fourth-order valence-corrected chi connectivity index (χ4v) is 2.12. The fourth-order valence-electron chi connectivity index (χ4n) is 1.60. The second-order valence-electron chi connectivity index (χ2n) is 4.14. The second-order valence-corrected chi connectivity index (χ2v) is 5.38. The van der Waals surface area contributed by atoms with E-state index in [-0.39, 0.29) is 0 Å². The lowest BCUT2D eigenvalue weighted by Crippen LogP contribution is -2.05. The molecule has 0 saturated carbocycles. The molecule has 1 aromatic heterocycles. The minimum Gasteiger partial charge on any atom is -0.439 e. The van der Waals surface area contributed by atoms with Gasteiger partial charge in [-0.05, 0) is 54.1 Å². The van der Waals surface area contributed by atoms with Crippen molar-refractivity contribution in [3.63, 3.8) is 0 Å². The molecule has 1 aromatic carbocycles. The number of aromatic nitrogens is 2. The number of rotatable bonds is 5. The lowest BCUT2D eigenvalue weighted by Gasteiger charge is -2.11. The van der Waals surface area contributed by atoms with Gasteiger partial charge in [0.25, 0.3) is 0 Å². The van der Waals surface area contributed by atoms with Gasteiger partial charge in [0.2, 0.25) is 5.88 Å². The van der Waals surface area contributed by atoms with Crippen molar-refractivity contribution in [2.75, 3.05) is 11.9 Å².